The SMILES string of the molecule is [C]1=CC=CC(N2CCNCC2)N1. The Labute approximate surface area is 73.1 Å². The van der Waals surface area contributed by atoms with Crippen LogP contribution in [-0.2, 0) is 0 Å². The van der Waals surface area contributed by atoms with Crippen LogP contribution in [0.4, 0.5) is 0 Å². The predicted octanol–water partition coefficient (Wildman–Crippen LogP) is -0.306. The van der Waals surface area contributed by atoms with Gasteiger partial charge in [-0.05, 0) is 12.2 Å². The largest absolute Gasteiger partial charge is 0.365 e. The number of nitrogens with one attached hydrogen (secondary N) is 2. The second kappa shape index (κ2) is 3.74. The van der Waals surface area contributed by atoms with Crippen LogP contribution in [0.3, 0.4) is 0 Å². The third kappa shape index (κ3) is 1.68. The first-order chi connectivity index (χ1) is 5.97. The van der Waals surface area contributed by atoms with Crippen molar-refractivity contribution < 1.29 is 0 Å². The highest BCUT2D eigenvalue weighted by atomic mass is 15.3. The molecule has 2 aliphatic heterocycles. The summed E-state index contributed by atoms with van der Waals surface area (Å²) in [5.74, 6) is 0. The molecule has 65 valence electrons. The van der Waals surface area contributed by atoms with Crippen LogP contribution in [0.25, 0.3) is 0 Å². The van der Waals surface area contributed by atoms with E-state index in [1.54, 1.807) is 0 Å². The molecule has 0 amide bonds. The Morgan fingerprint density at radius 3 is 2.83 bits per heavy atom. The van der Waals surface area contributed by atoms with Crippen LogP contribution < -0.4 is 10.6 Å². The van der Waals surface area contributed by atoms with Crippen molar-refractivity contribution in [3.63, 3.8) is 0 Å². The van der Waals surface area contributed by atoms with Gasteiger partial charge in [0.2, 0.25) is 0 Å². The van der Waals surface area contributed by atoms with Gasteiger partial charge in [0.1, 0.15) is 0 Å². The predicted molar refractivity (Wildman–Crippen MR) is 48.3 cm³/mol. The molecule has 0 aliphatic carbocycles. The smallest absolute Gasteiger partial charge is 0.0990 e. The molecule has 1 atom stereocenters. The van der Waals surface area contributed by atoms with Crippen molar-refractivity contribution in [1.82, 2.24) is 15.5 Å². The number of dihydropyridines is 1. The van der Waals surface area contributed by atoms with E-state index in [2.05, 4.69) is 27.8 Å². The van der Waals surface area contributed by atoms with Gasteiger partial charge in [-0.2, -0.15) is 0 Å². The molecule has 0 spiro atoms. The maximum Gasteiger partial charge on any atom is 0.0990 e. The minimum absolute atomic E-state index is 0.358. The second-order valence-electron chi connectivity index (χ2n) is 3.07. The summed E-state index contributed by atoms with van der Waals surface area (Å²) >= 11 is 0. The molecular weight excluding hydrogens is 150 g/mol. The molecule has 0 aromatic rings. The highest BCUT2D eigenvalue weighted by Gasteiger charge is 2.17. The summed E-state index contributed by atoms with van der Waals surface area (Å²) in [6.07, 6.45) is 9.48. The van der Waals surface area contributed by atoms with Gasteiger partial charge in [0.15, 0.2) is 0 Å². The van der Waals surface area contributed by atoms with E-state index in [1.165, 1.54) is 0 Å². The number of hydrogen-bond donors (Lipinski definition) is 2. The number of hydrogen-bond acceptors (Lipinski definition) is 3. The highest BCUT2D eigenvalue weighted by molar-refractivity contribution is 5.08. The quantitative estimate of drug-likeness (QED) is 0.557. The molecule has 1 radical (unpaired) electrons. The van der Waals surface area contributed by atoms with Crippen molar-refractivity contribution >= 4 is 0 Å². The van der Waals surface area contributed by atoms with E-state index in [1.807, 2.05) is 12.2 Å². The van der Waals surface area contributed by atoms with Gasteiger partial charge < -0.3 is 10.6 Å². The third-order valence-corrected chi connectivity index (χ3v) is 2.25. The number of piperazine rings is 1. The Hall–Kier alpha value is -0.800. The van der Waals surface area contributed by atoms with E-state index in [0.29, 0.717) is 6.17 Å². The molecule has 2 heterocycles. The molecule has 1 fully saturated rings. The fraction of sp³-hybridized carbons (Fsp3) is 0.556. The Balaban J connectivity index is 1.90. The molecule has 2 rings (SSSR count). The van der Waals surface area contributed by atoms with Crippen LogP contribution in [0.15, 0.2) is 18.2 Å². The van der Waals surface area contributed by atoms with Crippen LogP contribution in [0.1, 0.15) is 0 Å². The minimum atomic E-state index is 0.358. The first-order valence-electron chi connectivity index (χ1n) is 4.43. The van der Waals surface area contributed by atoms with Gasteiger partial charge in [0.05, 0.1) is 12.4 Å². The molecule has 0 saturated carbocycles. The molecule has 3 nitrogen and oxygen atoms in total. The van der Waals surface area contributed by atoms with Gasteiger partial charge in [-0.3, -0.25) is 4.90 Å². The van der Waals surface area contributed by atoms with Gasteiger partial charge in [0, 0.05) is 26.2 Å². The number of nitrogens with zero attached hydrogens (tertiary/aromatic N) is 1. The molecule has 1 unspecified atom stereocenters. The molecule has 0 aromatic heterocycles. The van der Waals surface area contributed by atoms with Crippen LogP contribution in [-0.4, -0.2) is 37.2 Å². The van der Waals surface area contributed by atoms with Crippen molar-refractivity contribution in [1.29, 1.82) is 0 Å². The van der Waals surface area contributed by atoms with Gasteiger partial charge in [0.25, 0.3) is 0 Å². The zero-order valence-corrected chi connectivity index (χ0v) is 7.09. The van der Waals surface area contributed by atoms with Crippen molar-refractivity contribution in [2.75, 3.05) is 26.2 Å². The van der Waals surface area contributed by atoms with Gasteiger partial charge in [-0.15, -0.1) is 0 Å². The van der Waals surface area contributed by atoms with E-state index in [9.17, 15) is 0 Å². The average molecular weight is 164 g/mol. The molecule has 0 aromatic carbocycles. The van der Waals surface area contributed by atoms with E-state index in [0.717, 1.165) is 26.2 Å². The maximum atomic E-state index is 3.33. The van der Waals surface area contributed by atoms with E-state index >= 15 is 0 Å². The fourth-order valence-corrected chi connectivity index (χ4v) is 1.56. The summed E-state index contributed by atoms with van der Waals surface area (Å²) in [4.78, 5) is 2.41. The van der Waals surface area contributed by atoms with Crippen LogP contribution in [0, 0.1) is 6.20 Å². The van der Waals surface area contributed by atoms with Crippen molar-refractivity contribution in [2.45, 2.75) is 6.17 Å². The molecule has 2 N–H and O–H groups in total. The van der Waals surface area contributed by atoms with E-state index in [4.69, 9.17) is 0 Å². The zero-order valence-electron chi connectivity index (χ0n) is 7.09. The Morgan fingerprint density at radius 1 is 1.33 bits per heavy atom. The summed E-state index contributed by atoms with van der Waals surface area (Å²) in [5, 5.41) is 6.53. The lowest BCUT2D eigenvalue weighted by Crippen LogP contribution is -2.52. The minimum Gasteiger partial charge on any atom is -0.365 e. The lowest BCUT2D eigenvalue weighted by molar-refractivity contribution is 0.185. The lowest BCUT2D eigenvalue weighted by Gasteiger charge is -2.33. The number of allylic oxidation sites excluding steroid dienone is 2. The highest BCUT2D eigenvalue weighted by Crippen LogP contribution is 2.02. The maximum absolute atomic E-state index is 3.33. The third-order valence-electron chi connectivity index (χ3n) is 2.25. The Bertz CT molecular complexity index is 192. The first-order valence-corrected chi connectivity index (χ1v) is 4.43. The number of rotatable bonds is 1. The van der Waals surface area contributed by atoms with Crippen molar-refractivity contribution in [2.24, 2.45) is 0 Å². The normalized spacial score (nSPS) is 30.2. The summed E-state index contributed by atoms with van der Waals surface area (Å²) in [6, 6.07) is 0. The van der Waals surface area contributed by atoms with E-state index < -0.39 is 0 Å². The Morgan fingerprint density at radius 2 is 2.17 bits per heavy atom. The van der Waals surface area contributed by atoms with Crippen molar-refractivity contribution in [3.05, 3.63) is 24.4 Å². The second-order valence-corrected chi connectivity index (χ2v) is 3.07. The molecule has 2 aliphatic rings. The van der Waals surface area contributed by atoms with Gasteiger partial charge >= 0.3 is 0 Å². The standard InChI is InChI=1S/C9H14N3/c1-2-4-11-9(3-1)12-7-5-10-6-8-12/h1-3,9-11H,5-8H2. The lowest BCUT2D eigenvalue weighted by atomic mass is 10.2. The fourth-order valence-electron chi connectivity index (χ4n) is 1.56. The monoisotopic (exact) mass is 164 g/mol. The molecule has 1 saturated heterocycles. The van der Waals surface area contributed by atoms with Crippen LogP contribution >= 0.6 is 0 Å². The summed E-state index contributed by atoms with van der Waals surface area (Å²) < 4.78 is 0. The topological polar surface area (TPSA) is 27.3 Å². The molecular formula is C9H14N3. The summed E-state index contributed by atoms with van der Waals surface area (Å²) in [6.45, 7) is 4.42. The summed E-state index contributed by atoms with van der Waals surface area (Å²) in [7, 11) is 0. The average Bonchev–Trinajstić information content (AvgIpc) is 2.21. The zero-order chi connectivity index (χ0) is 8.23. The van der Waals surface area contributed by atoms with Crippen molar-refractivity contribution in [3.8, 4) is 0 Å². The van der Waals surface area contributed by atoms with E-state index in [-0.39, 0.29) is 0 Å². The van der Waals surface area contributed by atoms with Gasteiger partial charge in [-0.1, -0.05) is 6.08 Å². The van der Waals surface area contributed by atoms with Crippen LogP contribution in [0.5, 0.6) is 0 Å². The molecule has 12 heavy (non-hydrogen) atoms. The molecule has 3 heteroatoms. The van der Waals surface area contributed by atoms with Gasteiger partial charge in [-0.25, -0.2) is 0 Å². The molecule has 0 bridgehead atoms. The van der Waals surface area contributed by atoms with Crippen LogP contribution in [0.2, 0.25) is 0 Å². The first kappa shape index (κ1) is 7.83. The summed E-state index contributed by atoms with van der Waals surface area (Å²) in [5.41, 5.74) is 0. The Kier molecular flexibility index (Phi) is 2.44.